The fourth-order valence-corrected chi connectivity index (χ4v) is 3.66. The fraction of sp³-hybridized carbons (Fsp3) is 0.105. The Bertz CT molecular complexity index is 1060. The monoisotopic (exact) mass is 395 g/mol. The van der Waals surface area contributed by atoms with Gasteiger partial charge in [0.2, 0.25) is 0 Å². The molecule has 142 valence electrons. The molecule has 0 saturated carbocycles. The highest BCUT2D eigenvalue weighted by molar-refractivity contribution is 7.99. The third-order valence-corrected chi connectivity index (χ3v) is 5.11. The van der Waals surface area contributed by atoms with Crippen LogP contribution in [0.25, 0.3) is 0 Å². The predicted octanol–water partition coefficient (Wildman–Crippen LogP) is 3.70. The molecule has 2 aromatic carbocycles. The summed E-state index contributed by atoms with van der Waals surface area (Å²) in [5.74, 6) is 0.213. The van der Waals surface area contributed by atoms with E-state index in [2.05, 4.69) is 9.97 Å². The molecular weight excluding hydrogens is 378 g/mol. The first-order valence-electron chi connectivity index (χ1n) is 8.26. The second kappa shape index (κ2) is 8.05. The maximum Gasteiger partial charge on any atom is 0.283 e. The Hall–Kier alpha value is -3.46. The first-order chi connectivity index (χ1) is 13.4. The number of nitro benzene ring substituents is 1. The van der Waals surface area contributed by atoms with Gasteiger partial charge in [0.15, 0.2) is 0 Å². The lowest BCUT2D eigenvalue weighted by Crippen LogP contribution is -2.28. The number of aromatic nitrogens is 2. The summed E-state index contributed by atoms with van der Waals surface area (Å²) in [6.07, 6.45) is 1.40. The van der Waals surface area contributed by atoms with Crippen molar-refractivity contribution < 1.29 is 9.72 Å². The average molecular weight is 395 g/mol. The molecule has 0 saturated heterocycles. The van der Waals surface area contributed by atoms with Gasteiger partial charge in [-0.25, -0.2) is 9.97 Å². The number of para-hydroxylation sites is 2. The van der Waals surface area contributed by atoms with Gasteiger partial charge in [-0.15, -0.1) is 0 Å². The number of carbonyl (C=O) groups excluding carboxylic acids is 1. The van der Waals surface area contributed by atoms with Crippen LogP contribution in [0.15, 0.2) is 64.5 Å². The molecule has 2 N–H and O–H groups in total. The van der Waals surface area contributed by atoms with E-state index in [1.165, 1.54) is 28.9 Å². The van der Waals surface area contributed by atoms with Crippen molar-refractivity contribution >= 4 is 34.9 Å². The number of benzene rings is 2. The average Bonchev–Trinajstić information content (AvgIpc) is 2.67. The zero-order chi connectivity index (χ0) is 20.3. The Balaban J connectivity index is 1.96. The Morgan fingerprint density at radius 1 is 1.14 bits per heavy atom. The minimum absolute atomic E-state index is 0.00691. The van der Waals surface area contributed by atoms with Crippen LogP contribution in [0.1, 0.15) is 16.2 Å². The number of aryl methyl sites for hydroxylation is 1. The van der Waals surface area contributed by atoms with Crippen molar-refractivity contribution in [3.8, 4) is 0 Å². The van der Waals surface area contributed by atoms with Crippen LogP contribution < -0.4 is 10.6 Å². The Morgan fingerprint density at radius 2 is 1.79 bits per heavy atom. The second-order valence-corrected chi connectivity index (χ2v) is 6.96. The predicted molar refractivity (Wildman–Crippen MR) is 108 cm³/mol. The summed E-state index contributed by atoms with van der Waals surface area (Å²) in [5, 5.41) is 11.3. The molecule has 1 heterocycles. The second-order valence-electron chi connectivity index (χ2n) is 5.87. The van der Waals surface area contributed by atoms with Gasteiger partial charge in [-0.1, -0.05) is 36.0 Å². The van der Waals surface area contributed by atoms with Gasteiger partial charge in [0.05, 0.1) is 15.5 Å². The zero-order valence-corrected chi connectivity index (χ0v) is 16.0. The van der Waals surface area contributed by atoms with Gasteiger partial charge in [0.25, 0.3) is 11.6 Å². The van der Waals surface area contributed by atoms with E-state index < -0.39 is 4.92 Å². The molecule has 0 aliphatic rings. The number of nitro groups is 1. The first-order valence-corrected chi connectivity index (χ1v) is 9.07. The molecule has 0 aliphatic carbocycles. The van der Waals surface area contributed by atoms with Crippen molar-refractivity contribution in [1.29, 1.82) is 0 Å². The van der Waals surface area contributed by atoms with Crippen LogP contribution in [0.2, 0.25) is 0 Å². The van der Waals surface area contributed by atoms with E-state index in [0.717, 1.165) is 0 Å². The van der Waals surface area contributed by atoms with Crippen molar-refractivity contribution in [2.45, 2.75) is 16.7 Å². The third-order valence-electron chi connectivity index (χ3n) is 3.98. The zero-order valence-electron chi connectivity index (χ0n) is 15.2. The van der Waals surface area contributed by atoms with Gasteiger partial charge in [0.1, 0.15) is 17.2 Å². The van der Waals surface area contributed by atoms with Crippen LogP contribution in [0, 0.1) is 17.0 Å². The van der Waals surface area contributed by atoms with Crippen molar-refractivity contribution in [2.24, 2.45) is 0 Å². The summed E-state index contributed by atoms with van der Waals surface area (Å²) in [6, 6.07) is 13.6. The standard InChI is InChI=1S/C19H17N5O3S/c1-12-21-11-13(18(20)22-12)19(25)23(2)14-7-3-5-9-16(14)28-17-10-6-4-8-15(17)24(26)27/h3-11H,1-2H3,(H2,20,21,22). The number of carbonyl (C=O) groups is 1. The van der Waals surface area contributed by atoms with Gasteiger partial charge in [0, 0.05) is 24.2 Å². The SMILES string of the molecule is Cc1ncc(C(=O)N(C)c2ccccc2Sc2ccccc2[N+](=O)[O-])c(N)n1. The molecule has 0 spiro atoms. The third kappa shape index (κ3) is 3.94. The normalized spacial score (nSPS) is 10.5. The van der Waals surface area contributed by atoms with Crippen molar-refractivity contribution in [1.82, 2.24) is 9.97 Å². The van der Waals surface area contributed by atoms with Gasteiger partial charge in [-0.3, -0.25) is 14.9 Å². The van der Waals surface area contributed by atoms with Crippen LogP contribution in [0.4, 0.5) is 17.2 Å². The number of nitrogen functional groups attached to an aromatic ring is 1. The lowest BCUT2D eigenvalue weighted by Gasteiger charge is -2.21. The van der Waals surface area contributed by atoms with Gasteiger partial charge < -0.3 is 10.6 Å². The number of nitrogens with zero attached hydrogens (tertiary/aromatic N) is 4. The van der Waals surface area contributed by atoms with Gasteiger partial charge in [-0.2, -0.15) is 0 Å². The summed E-state index contributed by atoms with van der Waals surface area (Å²) in [7, 11) is 1.61. The number of hydrogen-bond acceptors (Lipinski definition) is 7. The molecule has 0 unspecified atom stereocenters. The van der Waals surface area contributed by atoms with Crippen molar-refractivity contribution in [2.75, 3.05) is 17.7 Å². The summed E-state index contributed by atoms with van der Waals surface area (Å²) >= 11 is 1.22. The van der Waals surface area contributed by atoms with Crippen LogP contribution in [-0.4, -0.2) is 27.8 Å². The lowest BCUT2D eigenvalue weighted by atomic mass is 10.2. The van der Waals surface area contributed by atoms with Gasteiger partial charge in [-0.05, 0) is 25.1 Å². The minimum atomic E-state index is -0.426. The number of nitrogens with two attached hydrogens (primary N) is 1. The molecule has 1 aromatic heterocycles. The molecule has 0 radical (unpaired) electrons. The van der Waals surface area contributed by atoms with Crippen LogP contribution in [-0.2, 0) is 0 Å². The molecule has 8 nitrogen and oxygen atoms in total. The fourth-order valence-electron chi connectivity index (χ4n) is 2.58. The quantitative estimate of drug-likeness (QED) is 0.517. The Morgan fingerprint density at radius 3 is 2.46 bits per heavy atom. The number of hydrogen-bond donors (Lipinski definition) is 1. The molecule has 0 bridgehead atoms. The largest absolute Gasteiger partial charge is 0.383 e. The molecule has 0 fully saturated rings. The molecular formula is C19H17N5O3S. The number of rotatable bonds is 5. The van der Waals surface area contributed by atoms with E-state index in [9.17, 15) is 14.9 Å². The molecule has 3 rings (SSSR count). The summed E-state index contributed by atoms with van der Waals surface area (Å²) < 4.78 is 0. The summed E-state index contributed by atoms with van der Waals surface area (Å²) in [4.78, 5) is 34.4. The van der Waals surface area contributed by atoms with Crippen molar-refractivity contribution in [3.63, 3.8) is 0 Å². The maximum absolute atomic E-state index is 12.9. The molecule has 0 aliphatic heterocycles. The van der Waals surface area contributed by atoms with Crippen LogP contribution >= 0.6 is 11.8 Å². The molecule has 1 amide bonds. The number of anilines is 2. The highest BCUT2D eigenvalue weighted by atomic mass is 32.2. The Labute approximate surface area is 165 Å². The van der Waals surface area contributed by atoms with Crippen LogP contribution in [0.3, 0.4) is 0 Å². The summed E-state index contributed by atoms with van der Waals surface area (Å²) in [6.45, 7) is 1.69. The first kappa shape index (κ1) is 19.3. The molecule has 0 atom stereocenters. The highest BCUT2D eigenvalue weighted by Crippen LogP contribution is 2.39. The van der Waals surface area contributed by atoms with Crippen molar-refractivity contribution in [3.05, 3.63) is 76.2 Å². The topological polar surface area (TPSA) is 115 Å². The molecule has 9 heteroatoms. The maximum atomic E-state index is 12.9. The number of amides is 1. The molecule has 28 heavy (non-hydrogen) atoms. The molecule has 3 aromatic rings. The van der Waals surface area contributed by atoms with Crippen LogP contribution in [0.5, 0.6) is 0 Å². The van der Waals surface area contributed by atoms with E-state index in [1.807, 2.05) is 6.07 Å². The van der Waals surface area contributed by atoms with E-state index in [1.54, 1.807) is 50.4 Å². The van der Waals surface area contributed by atoms with Gasteiger partial charge >= 0.3 is 0 Å². The van der Waals surface area contributed by atoms with E-state index in [0.29, 0.717) is 21.3 Å². The van der Waals surface area contributed by atoms with E-state index in [-0.39, 0.29) is 23.0 Å². The van der Waals surface area contributed by atoms with E-state index in [4.69, 9.17) is 5.73 Å². The highest BCUT2D eigenvalue weighted by Gasteiger charge is 2.21. The smallest absolute Gasteiger partial charge is 0.283 e. The van der Waals surface area contributed by atoms with E-state index >= 15 is 0 Å². The Kier molecular flexibility index (Phi) is 5.55. The summed E-state index contributed by atoms with van der Waals surface area (Å²) in [5.41, 5.74) is 6.67. The lowest BCUT2D eigenvalue weighted by molar-refractivity contribution is -0.387. The minimum Gasteiger partial charge on any atom is -0.383 e.